The third-order valence-electron chi connectivity index (χ3n) is 4.53. The van der Waals surface area contributed by atoms with Crippen LogP contribution >= 0.6 is 0 Å². The summed E-state index contributed by atoms with van der Waals surface area (Å²) in [5.41, 5.74) is 7.10. The predicted octanol–water partition coefficient (Wildman–Crippen LogP) is 0.859. The van der Waals surface area contributed by atoms with Gasteiger partial charge in [-0.15, -0.1) is 0 Å². The molecule has 2 aromatic rings. The molecule has 2 amide bonds. The van der Waals surface area contributed by atoms with E-state index in [-0.39, 0.29) is 23.3 Å². The van der Waals surface area contributed by atoms with Crippen molar-refractivity contribution in [2.45, 2.75) is 12.8 Å². The summed E-state index contributed by atoms with van der Waals surface area (Å²) in [6.07, 6.45) is 3.70. The molecule has 8 nitrogen and oxygen atoms in total. The van der Waals surface area contributed by atoms with Gasteiger partial charge < -0.3 is 21.1 Å². The highest BCUT2D eigenvalue weighted by Gasteiger charge is 2.35. The molecule has 4 N–H and O–H groups in total. The van der Waals surface area contributed by atoms with Crippen molar-refractivity contribution in [1.82, 2.24) is 15.1 Å². The second-order valence-corrected chi connectivity index (χ2v) is 6.31. The lowest BCUT2D eigenvalue weighted by atomic mass is 9.90. The Hall–Kier alpha value is -2.87. The summed E-state index contributed by atoms with van der Waals surface area (Å²) in [5.74, 6) is -0.462. The largest absolute Gasteiger partial charge is 0.494 e. The number of anilines is 1. The highest BCUT2D eigenvalue weighted by molar-refractivity contribution is 6.04. The van der Waals surface area contributed by atoms with Gasteiger partial charge in [-0.25, -0.2) is 0 Å². The van der Waals surface area contributed by atoms with E-state index in [0.717, 1.165) is 5.56 Å². The maximum Gasteiger partial charge on any atom is 0.250 e. The third-order valence-corrected chi connectivity index (χ3v) is 4.53. The minimum absolute atomic E-state index is 0.0310. The summed E-state index contributed by atoms with van der Waals surface area (Å²) in [6.45, 7) is 3.60. The number of ether oxygens (including phenoxy) is 1. The Morgan fingerprint density at radius 3 is 2.88 bits per heavy atom. The standard InChI is InChI=1S/C18H23N5O3/c1-3-26-12-4-5-16(13(6-12)17(19)24)22-18(25)15-9-20-8-14(15)11-7-21-23(2)10-11/h4-7,10,14-15,20H,3,8-9H2,1-2H3,(H2,19,24)(H,22,25)/t14-,15+/m1/s1. The number of amides is 2. The quantitative estimate of drug-likeness (QED) is 0.710. The molecule has 2 atom stereocenters. The van der Waals surface area contributed by atoms with Crippen LogP contribution in [0.5, 0.6) is 5.75 Å². The minimum atomic E-state index is -0.616. The summed E-state index contributed by atoms with van der Waals surface area (Å²) in [4.78, 5) is 24.6. The molecule has 1 saturated heterocycles. The van der Waals surface area contributed by atoms with E-state index in [0.29, 0.717) is 31.1 Å². The molecule has 0 bridgehead atoms. The number of nitrogens with zero attached hydrogens (tertiary/aromatic N) is 2. The monoisotopic (exact) mass is 357 g/mol. The maximum absolute atomic E-state index is 12.8. The van der Waals surface area contributed by atoms with Crippen LogP contribution in [-0.2, 0) is 11.8 Å². The van der Waals surface area contributed by atoms with Crippen LogP contribution in [0.4, 0.5) is 5.69 Å². The first-order valence-corrected chi connectivity index (χ1v) is 8.56. The molecule has 0 aliphatic carbocycles. The first kappa shape index (κ1) is 17.9. The van der Waals surface area contributed by atoms with Crippen molar-refractivity contribution in [3.8, 4) is 5.75 Å². The molecule has 1 aromatic heterocycles. The van der Waals surface area contributed by atoms with Crippen molar-refractivity contribution in [3.05, 3.63) is 41.7 Å². The summed E-state index contributed by atoms with van der Waals surface area (Å²) in [7, 11) is 1.85. The van der Waals surface area contributed by atoms with Gasteiger partial charge in [0.2, 0.25) is 5.91 Å². The molecular formula is C18H23N5O3. The van der Waals surface area contributed by atoms with Crippen LogP contribution in [0.25, 0.3) is 0 Å². The van der Waals surface area contributed by atoms with E-state index in [2.05, 4.69) is 15.7 Å². The van der Waals surface area contributed by atoms with Crippen molar-refractivity contribution in [2.75, 3.05) is 25.0 Å². The Morgan fingerprint density at radius 1 is 1.42 bits per heavy atom. The van der Waals surface area contributed by atoms with Crippen molar-refractivity contribution in [3.63, 3.8) is 0 Å². The fourth-order valence-electron chi connectivity index (χ4n) is 3.25. The SMILES string of the molecule is CCOc1ccc(NC(=O)[C@H]2CNC[C@@H]2c2cnn(C)c2)c(C(N)=O)c1. The Balaban J connectivity index is 1.79. The molecule has 0 radical (unpaired) electrons. The normalized spacial score (nSPS) is 19.3. The van der Waals surface area contributed by atoms with E-state index < -0.39 is 5.91 Å². The molecule has 1 aliphatic heterocycles. The second kappa shape index (κ2) is 7.57. The lowest BCUT2D eigenvalue weighted by Crippen LogP contribution is -2.29. The van der Waals surface area contributed by atoms with Gasteiger partial charge in [0, 0.05) is 32.3 Å². The van der Waals surface area contributed by atoms with E-state index in [9.17, 15) is 9.59 Å². The van der Waals surface area contributed by atoms with Crippen LogP contribution in [0.15, 0.2) is 30.6 Å². The first-order valence-electron chi connectivity index (χ1n) is 8.56. The van der Waals surface area contributed by atoms with E-state index >= 15 is 0 Å². The highest BCUT2D eigenvalue weighted by Crippen LogP contribution is 2.30. The van der Waals surface area contributed by atoms with Gasteiger partial charge in [0.1, 0.15) is 5.75 Å². The molecule has 26 heavy (non-hydrogen) atoms. The predicted molar refractivity (Wildman–Crippen MR) is 97.1 cm³/mol. The van der Waals surface area contributed by atoms with E-state index in [1.807, 2.05) is 20.2 Å². The molecule has 8 heteroatoms. The number of aromatic nitrogens is 2. The van der Waals surface area contributed by atoms with E-state index in [1.165, 1.54) is 0 Å². The van der Waals surface area contributed by atoms with Crippen LogP contribution < -0.4 is 21.1 Å². The molecule has 1 fully saturated rings. The zero-order valence-corrected chi connectivity index (χ0v) is 14.9. The number of nitrogens with one attached hydrogen (secondary N) is 2. The first-order chi connectivity index (χ1) is 12.5. The molecule has 0 unspecified atom stereocenters. The Labute approximate surface area is 151 Å². The molecule has 138 valence electrons. The fraction of sp³-hybridized carbons (Fsp3) is 0.389. The van der Waals surface area contributed by atoms with Gasteiger partial charge in [0.25, 0.3) is 5.91 Å². The molecule has 1 aliphatic rings. The lowest BCUT2D eigenvalue weighted by Gasteiger charge is -2.18. The molecule has 2 heterocycles. The van der Waals surface area contributed by atoms with Gasteiger partial charge in [0.05, 0.1) is 30.0 Å². The smallest absolute Gasteiger partial charge is 0.250 e. The van der Waals surface area contributed by atoms with Crippen LogP contribution in [0.3, 0.4) is 0 Å². The van der Waals surface area contributed by atoms with E-state index in [4.69, 9.17) is 10.5 Å². The van der Waals surface area contributed by atoms with Gasteiger partial charge in [0.15, 0.2) is 0 Å². The molecule has 0 saturated carbocycles. The fourth-order valence-corrected chi connectivity index (χ4v) is 3.25. The average molecular weight is 357 g/mol. The molecule has 3 rings (SSSR count). The molecule has 0 spiro atoms. The van der Waals surface area contributed by atoms with Crippen LogP contribution in [0, 0.1) is 5.92 Å². The summed E-state index contributed by atoms with van der Waals surface area (Å²) >= 11 is 0. The Morgan fingerprint density at radius 2 is 2.23 bits per heavy atom. The number of carbonyl (C=O) groups excluding carboxylic acids is 2. The van der Waals surface area contributed by atoms with E-state index in [1.54, 1.807) is 29.1 Å². The van der Waals surface area contributed by atoms with Gasteiger partial charge in [-0.3, -0.25) is 14.3 Å². The molecular weight excluding hydrogens is 334 g/mol. The number of carbonyl (C=O) groups is 2. The number of rotatable bonds is 6. The number of benzene rings is 1. The second-order valence-electron chi connectivity index (χ2n) is 6.31. The van der Waals surface area contributed by atoms with Crippen LogP contribution in [-0.4, -0.2) is 41.3 Å². The van der Waals surface area contributed by atoms with Crippen molar-refractivity contribution in [2.24, 2.45) is 18.7 Å². The number of aryl methyl sites for hydroxylation is 1. The van der Waals surface area contributed by atoms with Crippen molar-refractivity contribution in [1.29, 1.82) is 0 Å². The number of hydrogen-bond acceptors (Lipinski definition) is 5. The van der Waals surface area contributed by atoms with Crippen LogP contribution in [0.2, 0.25) is 0 Å². The topological polar surface area (TPSA) is 111 Å². The Bertz CT molecular complexity index is 817. The zero-order valence-electron chi connectivity index (χ0n) is 14.9. The number of nitrogens with two attached hydrogens (primary N) is 1. The lowest BCUT2D eigenvalue weighted by molar-refractivity contribution is -0.119. The van der Waals surface area contributed by atoms with Gasteiger partial charge in [-0.05, 0) is 30.7 Å². The number of hydrogen-bond donors (Lipinski definition) is 3. The molecule has 1 aromatic carbocycles. The average Bonchev–Trinajstić information content (AvgIpc) is 3.24. The van der Waals surface area contributed by atoms with Gasteiger partial charge in [-0.2, -0.15) is 5.10 Å². The minimum Gasteiger partial charge on any atom is -0.494 e. The summed E-state index contributed by atoms with van der Waals surface area (Å²) < 4.78 is 7.12. The van der Waals surface area contributed by atoms with Crippen molar-refractivity contribution < 1.29 is 14.3 Å². The van der Waals surface area contributed by atoms with Gasteiger partial charge >= 0.3 is 0 Å². The van der Waals surface area contributed by atoms with Gasteiger partial charge in [-0.1, -0.05) is 0 Å². The Kier molecular flexibility index (Phi) is 5.22. The van der Waals surface area contributed by atoms with Crippen LogP contribution in [0.1, 0.15) is 28.8 Å². The highest BCUT2D eigenvalue weighted by atomic mass is 16.5. The third kappa shape index (κ3) is 3.70. The number of primary amides is 1. The van der Waals surface area contributed by atoms with Crippen molar-refractivity contribution >= 4 is 17.5 Å². The zero-order chi connectivity index (χ0) is 18.7. The summed E-state index contributed by atoms with van der Waals surface area (Å²) in [5, 5.41) is 10.3. The maximum atomic E-state index is 12.8. The summed E-state index contributed by atoms with van der Waals surface area (Å²) in [6, 6.07) is 4.90.